The Bertz CT molecular complexity index is 966. The molecule has 0 spiro atoms. The number of benzene rings is 2. The third-order valence-electron chi connectivity index (χ3n) is 3.23. The lowest BCUT2D eigenvalue weighted by atomic mass is 10.2. The minimum Gasteiger partial charge on any atom is -0.296 e. The van der Waals surface area contributed by atoms with Crippen molar-refractivity contribution in [1.29, 1.82) is 0 Å². The van der Waals surface area contributed by atoms with Crippen molar-refractivity contribution in [3.63, 3.8) is 0 Å². The van der Waals surface area contributed by atoms with Gasteiger partial charge in [0.05, 0.1) is 16.7 Å². The number of carbonyl (C=O) groups excluding carboxylic acids is 1. The molecular weight excluding hydrogens is 319 g/mol. The first-order chi connectivity index (χ1) is 11.0. The molecule has 1 aromatic heterocycles. The fourth-order valence-corrected chi connectivity index (χ4v) is 3.49. The largest absolute Gasteiger partial charge is 0.296 e. The molecule has 0 saturated heterocycles. The lowest BCUT2D eigenvalue weighted by Crippen LogP contribution is -2.13. The van der Waals surface area contributed by atoms with Gasteiger partial charge in [0.25, 0.3) is 10.0 Å². The van der Waals surface area contributed by atoms with Crippen LogP contribution in [0.1, 0.15) is 10.5 Å². The molecule has 3 aromatic rings. The van der Waals surface area contributed by atoms with Gasteiger partial charge in [-0.3, -0.25) is 4.79 Å². The summed E-state index contributed by atoms with van der Waals surface area (Å²) >= 11 is 0. The maximum Gasteiger partial charge on any atom is 0.269 e. The summed E-state index contributed by atoms with van der Waals surface area (Å²) < 4.78 is 40.4. The molecule has 1 heterocycles. The average Bonchev–Trinajstić information content (AvgIpc) is 3.01. The van der Waals surface area contributed by atoms with Crippen LogP contribution in [0.2, 0.25) is 0 Å². The Morgan fingerprint density at radius 3 is 2.30 bits per heavy atom. The normalized spacial score (nSPS) is 11.3. The molecule has 116 valence electrons. The Morgan fingerprint density at radius 2 is 1.65 bits per heavy atom. The average molecular weight is 330 g/mol. The van der Waals surface area contributed by atoms with Crippen molar-refractivity contribution >= 4 is 16.3 Å². The van der Waals surface area contributed by atoms with E-state index in [0.29, 0.717) is 6.29 Å². The fourth-order valence-electron chi connectivity index (χ4n) is 2.15. The van der Waals surface area contributed by atoms with Crippen molar-refractivity contribution in [2.24, 2.45) is 0 Å². The van der Waals surface area contributed by atoms with Gasteiger partial charge in [0.1, 0.15) is 11.5 Å². The van der Waals surface area contributed by atoms with Crippen molar-refractivity contribution in [3.05, 3.63) is 72.3 Å². The first-order valence-electron chi connectivity index (χ1n) is 6.64. The lowest BCUT2D eigenvalue weighted by molar-refractivity contribution is 0.111. The number of hydrogen-bond acceptors (Lipinski definition) is 4. The molecule has 0 atom stereocenters. The summed E-state index contributed by atoms with van der Waals surface area (Å²) in [5, 5.41) is 0. The van der Waals surface area contributed by atoms with Crippen molar-refractivity contribution in [2.75, 3.05) is 0 Å². The molecule has 0 amide bonds. The van der Waals surface area contributed by atoms with Gasteiger partial charge in [0, 0.05) is 0 Å². The lowest BCUT2D eigenvalue weighted by Gasteiger charge is -2.09. The van der Waals surface area contributed by atoms with E-state index < -0.39 is 15.8 Å². The Kier molecular flexibility index (Phi) is 3.79. The number of hydrogen-bond donors (Lipinski definition) is 0. The number of rotatable bonds is 4. The number of halogens is 1. The van der Waals surface area contributed by atoms with E-state index in [1.807, 2.05) is 0 Å². The number of imidazole rings is 1. The van der Waals surface area contributed by atoms with Gasteiger partial charge in [-0.05, 0) is 24.3 Å². The van der Waals surface area contributed by atoms with E-state index in [9.17, 15) is 17.6 Å². The standard InChI is InChI=1S/C16H11FN2O3S/c17-15-9-5-4-8-14(15)16-18-12(11-20)10-19(16)23(21,22)13-6-2-1-3-7-13/h1-11H. The van der Waals surface area contributed by atoms with E-state index in [-0.39, 0.29) is 22.0 Å². The minimum absolute atomic E-state index is 0.0000983. The highest BCUT2D eigenvalue weighted by atomic mass is 32.2. The maximum absolute atomic E-state index is 14.0. The van der Waals surface area contributed by atoms with E-state index in [1.54, 1.807) is 24.3 Å². The number of carbonyl (C=O) groups is 1. The minimum atomic E-state index is -4.00. The van der Waals surface area contributed by atoms with Gasteiger partial charge in [-0.1, -0.05) is 30.3 Å². The predicted octanol–water partition coefficient (Wildman–Crippen LogP) is 2.74. The Balaban J connectivity index is 2.27. The molecule has 0 N–H and O–H groups in total. The third-order valence-corrected chi connectivity index (χ3v) is 4.89. The molecule has 0 fully saturated rings. The van der Waals surface area contributed by atoms with Gasteiger partial charge in [0.15, 0.2) is 12.1 Å². The summed E-state index contributed by atoms with van der Waals surface area (Å²) in [6.07, 6.45) is 1.50. The maximum atomic E-state index is 14.0. The zero-order valence-electron chi connectivity index (χ0n) is 11.8. The number of aromatic nitrogens is 2. The molecule has 0 aliphatic rings. The number of aldehydes is 1. The monoisotopic (exact) mass is 330 g/mol. The molecular formula is C16H11FN2O3S. The van der Waals surface area contributed by atoms with Crippen LogP contribution in [0, 0.1) is 5.82 Å². The third kappa shape index (κ3) is 2.66. The molecule has 3 rings (SSSR count). The summed E-state index contributed by atoms with van der Waals surface area (Å²) in [5.74, 6) is -0.769. The highest BCUT2D eigenvalue weighted by molar-refractivity contribution is 7.90. The molecule has 0 aliphatic carbocycles. The van der Waals surface area contributed by atoms with E-state index >= 15 is 0 Å². The summed E-state index contributed by atoms with van der Waals surface area (Å²) in [4.78, 5) is 14.9. The second-order valence-corrected chi connectivity index (χ2v) is 6.52. The van der Waals surface area contributed by atoms with Gasteiger partial charge < -0.3 is 0 Å². The van der Waals surface area contributed by atoms with Gasteiger partial charge in [-0.2, -0.15) is 0 Å². The Labute approximate surface area is 132 Å². The molecule has 5 nitrogen and oxygen atoms in total. The van der Waals surface area contributed by atoms with Crippen LogP contribution in [0.15, 0.2) is 65.7 Å². The van der Waals surface area contributed by atoms with Crippen molar-refractivity contribution in [1.82, 2.24) is 8.96 Å². The topological polar surface area (TPSA) is 69.0 Å². The quantitative estimate of drug-likeness (QED) is 0.690. The van der Waals surface area contributed by atoms with Crippen LogP contribution >= 0.6 is 0 Å². The van der Waals surface area contributed by atoms with Crippen LogP contribution in [-0.2, 0) is 10.0 Å². The Morgan fingerprint density at radius 1 is 1.00 bits per heavy atom. The smallest absolute Gasteiger partial charge is 0.269 e. The Hall–Kier alpha value is -2.80. The molecule has 0 aliphatic heterocycles. The first-order valence-corrected chi connectivity index (χ1v) is 8.08. The summed E-state index contributed by atoms with van der Waals surface area (Å²) in [6, 6.07) is 13.3. The van der Waals surface area contributed by atoms with E-state index in [0.717, 1.165) is 10.2 Å². The fraction of sp³-hybridized carbons (Fsp3) is 0. The van der Waals surface area contributed by atoms with Crippen LogP contribution in [0.4, 0.5) is 4.39 Å². The van der Waals surface area contributed by atoms with Crippen LogP contribution in [-0.4, -0.2) is 23.7 Å². The van der Waals surface area contributed by atoms with E-state index in [2.05, 4.69) is 4.98 Å². The SMILES string of the molecule is O=Cc1cn(S(=O)(=O)c2ccccc2)c(-c2ccccc2F)n1. The van der Waals surface area contributed by atoms with Crippen molar-refractivity contribution in [2.45, 2.75) is 4.90 Å². The number of nitrogens with zero attached hydrogens (tertiary/aromatic N) is 2. The summed E-state index contributed by atoms with van der Waals surface area (Å²) in [7, 11) is -4.00. The highest BCUT2D eigenvalue weighted by Gasteiger charge is 2.24. The summed E-state index contributed by atoms with van der Waals surface area (Å²) in [6.45, 7) is 0. The second-order valence-electron chi connectivity index (χ2n) is 4.70. The zero-order chi connectivity index (χ0) is 16.4. The predicted molar refractivity (Wildman–Crippen MR) is 82.0 cm³/mol. The molecule has 0 radical (unpaired) electrons. The molecule has 2 aromatic carbocycles. The van der Waals surface area contributed by atoms with Gasteiger partial charge >= 0.3 is 0 Å². The van der Waals surface area contributed by atoms with Gasteiger partial charge in [0.2, 0.25) is 0 Å². The van der Waals surface area contributed by atoms with Gasteiger partial charge in [-0.15, -0.1) is 0 Å². The van der Waals surface area contributed by atoms with Crippen LogP contribution in [0.3, 0.4) is 0 Å². The molecule has 0 unspecified atom stereocenters. The molecule has 7 heteroatoms. The van der Waals surface area contributed by atoms with E-state index in [1.165, 1.54) is 30.3 Å². The molecule has 0 bridgehead atoms. The second kappa shape index (κ2) is 5.77. The first kappa shape index (κ1) is 15.1. The van der Waals surface area contributed by atoms with Crippen LogP contribution < -0.4 is 0 Å². The van der Waals surface area contributed by atoms with Crippen molar-refractivity contribution < 1.29 is 17.6 Å². The van der Waals surface area contributed by atoms with Crippen molar-refractivity contribution in [3.8, 4) is 11.4 Å². The highest BCUT2D eigenvalue weighted by Crippen LogP contribution is 2.26. The van der Waals surface area contributed by atoms with Crippen LogP contribution in [0.25, 0.3) is 11.4 Å². The van der Waals surface area contributed by atoms with Crippen LogP contribution in [0.5, 0.6) is 0 Å². The van der Waals surface area contributed by atoms with E-state index in [4.69, 9.17) is 0 Å². The zero-order valence-corrected chi connectivity index (χ0v) is 12.6. The molecule has 23 heavy (non-hydrogen) atoms. The summed E-state index contributed by atoms with van der Waals surface area (Å²) in [5.41, 5.74) is -0.0946. The molecule has 0 saturated carbocycles. The van der Waals surface area contributed by atoms with Gasteiger partial charge in [-0.25, -0.2) is 21.8 Å².